The zero-order valence-electron chi connectivity index (χ0n) is 17.3. The maximum atomic E-state index is 14.0. The van der Waals surface area contributed by atoms with Gasteiger partial charge in [-0.1, -0.05) is 41.6 Å². The van der Waals surface area contributed by atoms with E-state index in [9.17, 15) is 18.4 Å². The molecule has 33 heavy (non-hydrogen) atoms. The number of carbonyl (C=O) groups excluding carboxylic acids is 2. The van der Waals surface area contributed by atoms with Crippen molar-refractivity contribution in [2.45, 2.75) is 13.0 Å². The molecule has 3 aromatic carbocycles. The molecule has 4 rings (SSSR count). The Morgan fingerprint density at radius 3 is 2.52 bits per heavy atom. The quantitative estimate of drug-likeness (QED) is 0.444. The maximum Gasteiger partial charge on any atom is 0.414 e. The largest absolute Gasteiger partial charge is 0.441 e. The van der Waals surface area contributed by atoms with Gasteiger partial charge in [-0.3, -0.25) is 10.1 Å². The molecule has 0 radical (unpaired) electrons. The fourth-order valence-electron chi connectivity index (χ4n) is 3.04. The van der Waals surface area contributed by atoms with E-state index in [1.807, 2.05) is 0 Å². The smallest absolute Gasteiger partial charge is 0.414 e. The average Bonchev–Trinajstić information content (AvgIpc) is 3.30. The lowest BCUT2D eigenvalue weighted by molar-refractivity contribution is 0.0852. The summed E-state index contributed by atoms with van der Waals surface area (Å²) in [6.07, 6.45) is -1.65. The molecule has 4 aromatic rings. The lowest BCUT2D eigenvalue weighted by Crippen LogP contribution is -2.31. The van der Waals surface area contributed by atoms with Crippen LogP contribution in [0.2, 0.25) is 0 Å². The van der Waals surface area contributed by atoms with Crippen LogP contribution in [0.1, 0.15) is 28.9 Å². The molecule has 1 atom stereocenters. The molecule has 1 heterocycles. The van der Waals surface area contributed by atoms with Gasteiger partial charge in [-0.05, 0) is 48.9 Å². The Balaban J connectivity index is 1.44. The molecule has 166 valence electrons. The Morgan fingerprint density at radius 1 is 1.00 bits per heavy atom. The van der Waals surface area contributed by atoms with Gasteiger partial charge < -0.3 is 9.26 Å². The van der Waals surface area contributed by atoms with Gasteiger partial charge in [-0.25, -0.2) is 13.6 Å². The van der Waals surface area contributed by atoms with E-state index < -0.39 is 29.7 Å². The topological polar surface area (TPSA) is 94.3 Å². The predicted molar refractivity (Wildman–Crippen MR) is 114 cm³/mol. The van der Waals surface area contributed by atoms with Gasteiger partial charge in [0, 0.05) is 11.1 Å². The number of rotatable bonds is 5. The minimum absolute atomic E-state index is 0.00341. The molecule has 9 heteroatoms. The lowest BCUT2D eigenvalue weighted by atomic mass is 10.1. The Hall–Kier alpha value is -4.40. The number of hydrogen-bond acceptors (Lipinski definition) is 6. The number of benzene rings is 3. The molecule has 1 aromatic heterocycles. The third-order valence-electron chi connectivity index (χ3n) is 4.75. The van der Waals surface area contributed by atoms with E-state index >= 15 is 0 Å². The van der Waals surface area contributed by atoms with E-state index in [2.05, 4.69) is 15.5 Å². The molecule has 0 fully saturated rings. The second-order valence-corrected chi connectivity index (χ2v) is 7.04. The second-order valence-electron chi connectivity index (χ2n) is 7.04. The van der Waals surface area contributed by atoms with Gasteiger partial charge in [0.2, 0.25) is 5.82 Å². The van der Waals surface area contributed by atoms with E-state index in [-0.39, 0.29) is 22.8 Å². The summed E-state index contributed by atoms with van der Waals surface area (Å²) in [6.45, 7) is 1.60. The number of ether oxygens (including phenoxy) is 1. The number of imide groups is 1. The van der Waals surface area contributed by atoms with E-state index in [1.165, 1.54) is 48.5 Å². The first kappa shape index (κ1) is 21.8. The summed E-state index contributed by atoms with van der Waals surface area (Å²) in [7, 11) is 0. The highest BCUT2D eigenvalue weighted by atomic mass is 19.1. The molecule has 1 unspecified atom stereocenters. The summed E-state index contributed by atoms with van der Waals surface area (Å²) in [5.41, 5.74) is 1.31. The van der Waals surface area contributed by atoms with Gasteiger partial charge in [-0.2, -0.15) is 4.98 Å². The molecule has 0 saturated carbocycles. The molecular weight excluding hydrogens is 432 g/mol. The van der Waals surface area contributed by atoms with Crippen LogP contribution < -0.4 is 5.32 Å². The number of alkyl carbamates (subject to hydrolysis) is 1. The maximum absolute atomic E-state index is 14.0. The fourth-order valence-corrected chi connectivity index (χ4v) is 3.04. The number of nitrogens with one attached hydrogen (secondary N) is 1. The number of amides is 2. The molecule has 2 amide bonds. The van der Waals surface area contributed by atoms with Crippen molar-refractivity contribution in [1.29, 1.82) is 0 Å². The van der Waals surface area contributed by atoms with Gasteiger partial charge in [0.05, 0.1) is 5.56 Å². The molecular formula is C24H17F2N3O4. The Morgan fingerprint density at radius 2 is 1.76 bits per heavy atom. The molecule has 0 bridgehead atoms. The van der Waals surface area contributed by atoms with Crippen LogP contribution in [0.25, 0.3) is 22.8 Å². The van der Waals surface area contributed by atoms with Crippen LogP contribution in [0.15, 0.2) is 77.3 Å². The summed E-state index contributed by atoms with van der Waals surface area (Å²) in [5.74, 6) is -1.47. The highest BCUT2D eigenvalue weighted by molar-refractivity contribution is 6.03. The normalized spacial score (nSPS) is 11.6. The molecule has 0 aliphatic carbocycles. The third-order valence-corrected chi connectivity index (χ3v) is 4.75. The fraction of sp³-hybridized carbons (Fsp3) is 0.0833. The Kier molecular flexibility index (Phi) is 6.21. The number of carbonyl (C=O) groups is 2. The summed E-state index contributed by atoms with van der Waals surface area (Å²) in [6, 6.07) is 17.6. The van der Waals surface area contributed by atoms with Crippen molar-refractivity contribution in [3.8, 4) is 22.8 Å². The second kappa shape index (κ2) is 9.39. The summed E-state index contributed by atoms with van der Waals surface area (Å²) >= 11 is 0. The number of nitrogens with zero attached hydrogens (tertiary/aromatic N) is 2. The first-order valence-corrected chi connectivity index (χ1v) is 9.87. The summed E-state index contributed by atoms with van der Waals surface area (Å²) in [4.78, 5) is 28.8. The van der Waals surface area contributed by atoms with E-state index in [0.717, 1.165) is 0 Å². The van der Waals surface area contributed by atoms with Crippen LogP contribution >= 0.6 is 0 Å². The van der Waals surface area contributed by atoms with Crippen LogP contribution in [0, 0.1) is 11.6 Å². The molecule has 1 N–H and O–H groups in total. The summed E-state index contributed by atoms with van der Waals surface area (Å²) < 4.78 is 37.3. The van der Waals surface area contributed by atoms with Gasteiger partial charge in [0.15, 0.2) is 0 Å². The Bertz CT molecular complexity index is 1310. The number of halogens is 2. The predicted octanol–water partition coefficient (Wildman–Crippen LogP) is 5.31. The standard InChI is InChI=1S/C24H17F2N3O4/c1-14(15-9-11-18(25)12-10-15)32-24(31)28-22(30)17-6-4-5-16(13-17)21-27-23(33-29-21)19-7-2-3-8-20(19)26/h2-14H,1H3,(H,28,30,31). The monoisotopic (exact) mass is 449 g/mol. The average molecular weight is 449 g/mol. The first-order valence-electron chi connectivity index (χ1n) is 9.87. The highest BCUT2D eigenvalue weighted by Crippen LogP contribution is 2.25. The third kappa shape index (κ3) is 5.09. The van der Waals surface area contributed by atoms with Crippen LogP contribution in [0.4, 0.5) is 13.6 Å². The van der Waals surface area contributed by atoms with E-state index in [4.69, 9.17) is 9.26 Å². The van der Waals surface area contributed by atoms with Crippen LogP contribution in [-0.2, 0) is 4.74 Å². The van der Waals surface area contributed by atoms with Crippen molar-refractivity contribution >= 4 is 12.0 Å². The van der Waals surface area contributed by atoms with Crippen LogP contribution in [0.3, 0.4) is 0 Å². The van der Waals surface area contributed by atoms with Crippen molar-refractivity contribution in [3.63, 3.8) is 0 Å². The molecule has 0 saturated heterocycles. The van der Waals surface area contributed by atoms with Crippen LogP contribution in [0.5, 0.6) is 0 Å². The zero-order chi connectivity index (χ0) is 23.4. The SMILES string of the molecule is CC(OC(=O)NC(=O)c1cccc(-c2noc(-c3ccccc3F)n2)c1)c1ccc(F)cc1. The van der Waals surface area contributed by atoms with Gasteiger partial charge in [-0.15, -0.1) is 0 Å². The highest BCUT2D eigenvalue weighted by Gasteiger charge is 2.18. The van der Waals surface area contributed by atoms with Crippen molar-refractivity contribution in [1.82, 2.24) is 15.5 Å². The molecule has 0 aliphatic heterocycles. The van der Waals surface area contributed by atoms with Crippen LogP contribution in [-0.4, -0.2) is 22.1 Å². The minimum Gasteiger partial charge on any atom is -0.441 e. The zero-order valence-corrected chi connectivity index (χ0v) is 17.3. The van der Waals surface area contributed by atoms with Crippen molar-refractivity contribution in [2.75, 3.05) is 0 Å². The minimum atomic E-state index is -0.955. The summed E-state index contributed by atoms with van der Waals surface area (Å²) in [5, 5.41) is 5.98. The van der Waals surface area contributed by atoms with Gasteiger partial charge in [0.1, 0.15) is 17.7 Å². The lowest BCUT2D eigenvalue weighted by Gasteiger charge is -2.14. The first-order chi connectivity index (χ1) is 15.9. The van der Waals surface area contributed by atoms with Crippen molar-refractivity contribution in [2.24, 2.45) is 0 Å². The van der Waals surface area contributed by atoms with E-state index in [1.54, 1.807) is 31.2 Å². The van der Waals surface area contributed by atoms with Gasteiger partial charge >= 0.3 is 6.09 Å². The number of aromatic nitrogens is 2. The Labute approximate surface area is 187 Å². The van der Waals surface area contributed by atoms with Gasteiger partial charge in [0.25, 0.3) is 11.8 Å². The van der Waals surface area contributed by atoms with Crippen molar-refractivity contribution in [3.05, 3.63) is 95.6 Å². The number of hydrogen-bond donors (Lipinski definition) is 1. The van der Waals surface area contributed by atoms with Crippen molar-refractivity contribution < 1.29 is 27.6 Å². The van der Waals surface area contributed by atoms with E-state index in [0.29, 0.717) is 11.1 Å². The molecule has 0 spiro atoms. The molecule has 0 aliphatic rings. The molecule has 7 nitrogen and oxygen atoms in total.